The highest BCUT2D eigenvalue weighted by Crippen LogP contribution is 2.15. The van der Waals surface area contributed by atoms with Crippen LogP contribution in [0.2, 0.25) is 0 Å². The molecule has 0 aliphatic rings. The fourth-order valence-electron chi connectivity index (χ4n) is 2.44. The van der Waals surface area contributed by atoms with E-state index in [1.807, 2.05) is 37.3 Å². The van der Waals surface area contributed by atoms with Gasteiger partial charge in [-0.25, -0.2) is 0 Å². The van der Waals surface area contributed by atoms with Gasteiger partial charge in [0.1, 0.15) is 5.75 Å². The zero-order chi connectivity index (χ0) is 17.4. The van der Waals surface area contributed by atoms with Crippen LogP contribution in [0.15, 0.2) is 54.6 Å². The van der Waals surface area contributed by atoms with Crippen LogP contribution >= 0.6 is 0 Å². The van der Waals surface area contributed by atoms with Gasteiger partial charge in [0.05, 0.1) is 6.42 Å². The fraction of sp³-hybridized carbons (Fsp3) is 0.316. The van der Waals surface area contributed by atoms with Crippen LogP contribution in [-0.2, 0) is 17.6 Å². The molecule has 0 fully saturated rings. The molecule has 0 unspecified atom stereocenters. The van der Waals surface area contributed by atoms with Crippen LogP contribution in [0.4, 0.5) is 8.78 Å². The number of ether oxygens (including phenoxy) is 1. The molecule has 0 aliphatic carbocycles. The van der Waals surface area contributed by atoms with Crippen LogP contribution in [0.3, 0.4) is 0 Å². The number of benzene rings is 2. The van der Waals surface area contributed by atoms with Crippen LogP contribution < -0.4 is 4.74 Å². The van der Waals surface area contributed by atoms with Gasteiger partial charge in [-0.1, -0.05) is 42.5 Å². The van der Waals surface area contributed by atoms with Gasteiger partial charge in [0, 0.05) is 13.1 Å². The smallest absolute Gasteiger partial charge is 0.387 e. The molecule has 0 heterocycles. The Hall–Kier alpha value is -2.43. The first kappa shape index (κ1) is 17.9. The SMILES string of the molecule is CCN(CCc1ccccc1)C(=O)Cc1ccc(OC(F)F)cc1. The third-order valence-corrected chi connectivity index (χ3v) is 3.75. The molecule has 0 aromatic heterocycles. The van der Waals surface area contributed by atoms with Crippen molar-refractivity contribution in [3.63, 3.8) is 0 Å². The van der Waals surface area contributed by atoms with Crippen LogP contribution in [0, 0.1) is 0 Å². The highest BCUT2D eigenvalue weighted by Gasteiger charge is 2.13. The number of hydrogen-bond donors (Lipinski definition) is 0. The molecule has 0 aliphatic heterocycles. The second kappa shape index (κ2) is 9.01. The number of hydrogen-bond acceptors (Lipinski definition) is 2. The molecular formula is C19H21F2NO2. The summed E-state index contributed by atoms with van der Waals surface area (Å²) in [6, 6.07) is 16.2. The van der Waals surface area contributed by atoms with Crippen molar-refractivity contribution in [1.82, 2.24) is 4.90 Å². The van der Waals surface area contributed by atoms with Crippen LogP contribution in [0.1, 0.15) is 18.1 Å². The first-order valence-corrected chi connectivity index (χ1v) is 7.94. The van der Waals surface area contributed by atoms with Crippen molar-refractivity contribution in [1.29, 1.82) is 0 Å². The van der Waals surface area contributed by atoms with E-state index in [0.29, 0.717) is 13.1 Å². The lowest BCUT2D eigenvalue weighted by Crippen LogP contribution is -2.33. The number of rotatable bonds is 8. The van der Waals surface area contributed by atoms with Gasteiger partial charge < -0.3 is 9.64 Å². The Morgan fingerprint density at radius 2 is 1.71 bits per heavy atom. The van der Waals surface area contributed by atoms with Crippen molar-refractivity contribution in [3.05, 3.63) is 65.7 Å². The van der Waals surface area contributed by atoms with Crippen molar-refractivity contribution in [3.8, 4) is 5.75 Å². The predicted molar refractivity (Wildman–Crippen MR) is 89.2 cm³/mol. The second-order valence-corrected chi connectivity index (χ2v) is 5.41. The number of carbonyl (C=O) groups is 1. The van der Waals surface area contributed by atoms with E-state index in [2.05, 4.69) is 4.74 Å². The molecule has 0 spiro atoms. The van der Waals surface area contributed by atoms with E-state index in [9.17, 15) is 13.6 Å². The van der Waals surface area contributed by atoms with Crippen molar-refractivity contribution < 1.29 is 18.3 Å². The Kier molecular flexibility index (Phi) is 6.73. The maximum atomic E-state index is 12.4. The Morgan fingerprint density at radius 1 is 1.04 bits per heavy atom. The van der Waals surface area contributed by atoms with Gasteiger partial charge in [0.25, 0.3) is 0 Å². The van der Waals surface area contributed by atoms with Gasteiger partial charge in [-0.3, -0.25) is 4.79 Å². The number of nitrogens with zero attached hydrogens (tertiary/aromatic N) is 1. The van der Waals surface area contributed by atoms with Crippen LogP contribution in [-0.4, -0.2) is 30.5 Å². The first-order valence-electron chi connectivity index (χ1n) is 7.94. The quantitative estimate of drug-likeness (QED) is 0.733. The molecule has 128 valence electrons. The van der Waals surface area contributed by atoms with Crippen molar-refractivity contribution >= 4 is 5.91 Å². The summed E-state index contributed by atoms with van der Waals surface area (Å²) in [5.41, 5.74) is 1.97. The Bertz CT molecular complexity index is 630. The molecule has 0 bridgehead atoms. The summed E-state index contributed by atoms with van der Waals surface area (Å²) in [6.07, 6.45) is 1.05. The Labute approximate surface area is 140 Å². The highest BCUT2D eigenvalue weighted by molar-refractivity contribution is 5.78. The lowest BCUT2D eigenvalue weighted by atomic mass is 10.1. The summed E-state index contributed by atoms with van der Waals surface area (Å²) in [4.78, 5) is 14.2. The topological polar surface area (TPSA) is 29.5 Å². The molecule has 0 N–H and O–H groups in total. The minimum atomic E-state index is -2.84. The first-order chi connectivity index (χ1) is 11.6. The Morgan fingerprint density at radius 3 is 2.29 bits per heavy atom. The lowest BCUT2D eigenvalue weighted by molar-refractivity contribution is -0.130. The van der Waals surface area contributed by atoms with Crippen LogP contribution in [0.25, 0.3) is 0 Å². The summed E-state index contributed by atoms with van der Waals surface area (Å²) in [6.45, 7) is 0.401. The van der Waals surface area contributed by atoms with Crippen molar-refractivity contribution in [2.75, 3.05) is 13.1 Å². The zero-order valence-electron chi connectivity index (χ0n) is 13.6. The average molecular weight is 333 g/mol. The molecule has 0 saturated heterocycles. The Balaban J connectivity index is 1.89. The second-order valence-electron chi connectivity index (χ2n) is 5.41. The van der Waals surface area contributed by atoms with Crippen LogP contribution in [0.5, 0.6) is 5.75 Å². The number of amides is 1. The minimum Gasteiger partial charge on any atom is -0.435 e. The average Bonchev–Trinajstić information content (AvgIpc) is 2.58. The van der Waals surface area contributed by atoms with Gasteiger partial charge >= 0.3 is 6.61 Å². The molecular weight excluding hydrogens is 312 g/mol. The summed E-state index contributed by atoms with van der Waals surface area (Å²) < 4.78 is 28.6. The molecule has 0 saturated carbocycles. The fourth-order valence-corrected chi connectivity index (χ4v) is 2.44. The van der Waals surface area contributed by atoms with Gasteiger partial charge in [-0.15, -0.1) is 0 Å². The van der Waals surface area contributed by atoms with Gasteiger partial charge in [-0.05, 0) is 36.6 Å². The summed E-state index contributed by atoms with van der Waals surface area (Å²) in [7, 11) is 0. The van der Waals surface area contributed by atoms with E-state index in [4.69, 9.17) is 0 Å². The predicted octanol–water partition coefficient (Wildman–Crippen LogP) is 3.92. The summed E-state index contributed by atoms with van der Waals surface area (Å²) in [5.74, 6) is 0.119. The third-order valence-electron chi connectivity index (χ3n) is 3.75. The zero-order valence-corrected chi connectivity index (χ0v) is 13.6. The van der Waals surface area contributed by atoms with Crippen molar-refractivity contribution in [2.24, 2.45) is 0 Å². The maximum Gasteiger partial charge on any atom is 0.387 e. The van der Waals surface area contributed by atoms with Gasteiger partial charge in [0.2, 0.25) is 5.91 Å². The van der Waals surface area contributed by atoms with E-state index in [0.717, 1.165) is 12.0 Å². The number of likely N-dealkylation sites (N-methyl/N-ethyl adjacent to an activating group) is 1. The van der Waals surface area contributed by atoms with Crippen molar-refractivity contribution in [2.45, 2.75) is 26.4 Å². The highest BCUT2D eigenvalue weighted by atomic mass is 19.3. The van der Waals surface area contributed by atoms with E-state index >= 15 is 0 Å². The van der Waals surface area contributed by atoms with Gasteiger partial charge in [-0.2, -0.15) is 8.78 Å². The molecule has 0 radical (unpaired) electrons. The summed E-state index contributed by atoms with van der Waals surface area (Å²) in [5, 5.41) is 0. The van der Waals surface area contributed by atoms with E-state index < -0.39 is 6.61 Å². The molecule has 5 heteroatoms. The maximum absolute atomic E-state index is 12.4. The van der Waals surface area contributed by atoms with E-state index in [1.54, 1.807) is 17.0 Å². The third kappa shape index (κ3) is 5.65. The largest absolute Gasteiger partial charge is 0.435 e. The molecule has 2 rings (SSSR count). The molecule has 3 nitrogen and oxygen atoms in total. The molecule has 1 amide bonds. The summed E-state index contributed by atoms with van der Waals surface area (Å²) >= 11 is 0. The number of carbonyl (C=O) groups excluding carboxylic acids is 1. The number of halogens is 2. The van der Waals surface area contributed by atoms with Gasteiger partial charge in [0.15, 0.2) is 0 Å². The molecule has 2 aromatic carbocycles. The molecule has 0 atom stereocenters. The minimum absolute atomic E-state index is 0.0240. The molecule has 2 aromatic rings. The number of alkyl halides is 2. The normalized spacial score (nSPS) is 10.7. The van der Waals surface area contributed by atoms with E-state index in [-0.39, 0.29) is 18.1 Å². The monoisotopic (exact) mass is 333 g/mol. The standard InChI is InChI=1S/C19H21F2NO2/c1-2-22(13-12-15-6-4-3-5-7-15)18(23)14-16-8-10-17(11-9-16)24-19(20)21/h3-11,19H,2,12-14H2,1H3. The lowest BCUT2D eigenvalue weighted by Gasteiger charge is -2.21. The molecule has 24 heavy (non-hydrogen) atoms. The van der Waals surface area contributed by atoms with E-state index in [1.165, 1.54) is 17.7 Å².